The van der Waals surface area contributed by atoms with Crippen LogP contribution < -0.4 is 15.8 Å². The van der Waals surface area contributed by atoms with Crippen LogP contribution in [0.4, 0.5) is 17.3 Å². The maximum absolute atomic E-state index is 13.2. The Hall–Kier alpha value is -4.51. The van der Waals surface area contributed by atoms with Crippen LogP contribution in [0.15, 0.2) is 66.1 Å². The summed E-state index contributed by atoms with van der Waals surface area (Å²) in [5, 5.41) is 14.0. The Balaban J connectivity index is 1.47. The number of piperazine rings is 1. The molecule has 1 aromatic carbocycles. The smallest absolute Gasteiger partial charge is 0.278 e. The lowest BCUT2D eigenvalue weighted by Gasteiger charge is -2.34. The number of allylic oxidation sites excluding steroid dienone is 1. The van der Waals surface area contributed by atoms with Crippen LogP contribution in [0.3, 0.4) is 0 Å². The topological polar surface area (TPSA) is 121 Å². The van der Waals surface area contributed by atoms with Crippen LogP contribution >= 0.6 is 0 Å². The van der Waals surface area contributed by atoms with Gasteiger partial charge in [0.05, 0.1) is 12.2 Å². The standard InChI is InChI=1S/C27H30N8O3/c1-4-12-34-25(37)21-17-28-26(31-24(21)35(34)23-7-5-6-22(30-23)27(2,3)38)29-19-8-10-20(11-9-19)33-15-13-32(18-36)14-16-33/h4-11,17-18,38H,1,12-16H2,2-3H3,(H,28,29,31). The molecule has 2 N–H and O–H groups in total. The normalized spacial score (nSPS) is 14.1. The molecule has 196 valence electrons. The van der Waals surface area contributed by atoms with Gasteiger partial charge in [-0.2, -0.15) is 4.98 Å². The number of hydrogen-bond acceptors (Lipinski definition) is 8. The molecule has 0 aliphatic carbocycles. The van der Waals surface area contributed by atoms with Crippen molar-refractivity contribution in [1.82, 2.24) is 29.2 Å². The van der Waals surface area contributed by atoms with Gasteiger partial charge in [-0.1, -0.05) is 12.1 Å². The summed E-state index contributed by atoms with van der Waals surface area (Å²) in [6, 6.07) is 13.2. The molecule has 38 heavy (non-hydrogen) atoms. The van der Waals surface area contributed by atoms with Crippen LogP contribution in [-0.4, -0.2) is 66.9 Å². The van der Waals surface area contributed by atoms with E-state index in [1.54, 1.807) is 47.7 Å². The molecule has 3 aromatic heterocycles. The van der Waals surface area contributed by atoms with Crippen molar-refractivity contribution in [3.63, 3.8) is 0 Å². The van der Waals surface area contributed by atoms with E-state index in [1.807, 2.05) is 24.3 Å². The lowest BCUT2D eigenvalue weighted by Crippen LogP contribution is -2.45. The van der Waals surface area contributed by atoms with E-state index in [0.29, 0.717) is 41.6 Å². The number of rotatable bonds is 8. The van der Waals surface area contributed by atoms with E-state index in [2.05, 4.69) is 31.7 Å². The van der Waals surface area contributed by atoms with Gasteiger partial charge in [0.25, 0.3) is 5.56 Å². The lowest BCUT2D eigenvalue weighted by atomic mass is 10.1. The Bertz CT molecular complexity index is 1530. The lowest BCUT2D eigenvalue weighted by molar-refractivity contribution is -0.118. The Labute approximate surface area is 219 Å². The summed E-state index contributed by atoms with van der Waals surface area (Å²) < 4.78 is 3.12. The highest BCUT2D eigenvalue weighted by atomic mass is 16.3. The van der Waals surface area contributed by atoms with E-state index in [9.17, 15) is 14.7 Å². The fraction of sp³-hybridized carbons (Fsp3) is 0.296. The number of benzene rings is 1. The molecule has 11 nitrogen and oxygen atoms in total. The van der Waals surface area contributed by atoms with E-state index in [4.69, 9.17) is 0 Å². The summed E-state index contributed by atoms with van der Waals surface area (Å²) in [5.74, 6) is 0.773. The monoisotopic (exact) mass is 514 g/mol. The Morgan fingerprint density at radius 1 is 1.08 bits per heavy atom. The number of carbonyl (C=O) groups is 1. The number of aromatic nitrogens is 5. The number of nitrogens with one attached hydrogen (secondary N) is 1. The molecule has 0 radical (unpaired) electrons. The van der Waals surface area contributed by atoms with Crippen LogP contribution in [0, 0.1) is 0 Å². The van der Waals surface area contributed by atoms with Crippen LogP contribution in [0.1, 0.15) is 19.5 Å². The predicted molar refractivity (Wildman–Crippen MR) is 146 cm³/mol. The highest BCUT2D eigenvalue weighted by Gasteiger charge is 2.22. The molecule has 0 unspecified atom stereocenters. The van der Waals surface area contributed by atoms with Crippen molar-refractivity contribution in [1.29, 1.82) is 0 Å². The zero-order valence-corrected chi connectivity index (χ0v) is 21.4. The molecule has 0 spiro atoms. The molecule has 0 bridgehead atoms. The van der Waals surface area contributed by atoms with E-state index >= 15 is 0 Å². The van der Waals surface area contributed by atoms with Gasteiger partial charge in [-0.15, -0.1) is 6.58 Å². The van der Waals surface area contributed by atoms with Crippen molar-refractivity contribution in [2.24, 2.45) is 0 Å². The number of amides is 1. The maximum atomic E-state index is 13.2. The van der Waals surface area contributed by atoms with Crippen molar-refractivity contribution >= 4 is 34.8 Å². The molecule has 11 heteroatoms. The Morgan fingerprint density at radius 3 is 2.47 bits per heavy atom. The van der Waals surface area contributed by atoms with Crippen molar-refractivity contribution in [2.45, 2.75) is 26.0 Å². The summed E-state index contributed by atoms with van der Waals surface area (Å²) in [6.45, 7) is 10.3. The first kappa shape index (κ1) is 25.2. The Morgan fingerprint density at radius 2 is 1.82 bits per heavy atom. The molecule has 1 aliphatic rings. The van der Waals surface area contributed by atoms with Crippen molar-refractivity contribution in [2.75, 3.05) is 36.4 Å². The third-order valence-corrected chi connectivity index (χ3v) is 6.51. The third kappa shape index (κ3) is 4.88. The Kier molecular flexibility index (Phi) is 6.68. The number of aliphatic hydroxyl groups is 1. The number of hydrogen-bond donors (Lipinski definition) is 2. The highest BCUT2D eigenvalue weighted by molar-refractivity contribution is 5.77. The summed E-state index contributed by atoms with van der Waals surface area (Å²) in [6.07, 6.45) is 4.03. The second-order valence-corrected chi connectivity index (χ2v) is 9.66. The number of nitrogens with zero attached hydrogens (tertiary/aromatic N) is 7. The van der Waals surface area contributed by atoms with Gasteiger partial charge in [-0.3, -0.25) is 9.59 Å². The zero-order valence-electron chi connectivity index (χ0n) is 21.4. The first-order chi connectivity index (χ1) is 18.3. The number of pyridine rings is 1. The van der Waals surface area contributed by atoms with Gasteiger partial charge in [-0.25, -0.2) is 19.3 Å². The van der Waals surface area contributed by atoms with Gasteiger partial charge in [0.1, 0.15) is 11.0 Å². The van der Waals surface area contributed by atoms with Crippen LogP contribution in [0.2, 0.25) is 0 Å². The van der Waals surface area contributed by atoms with Gasteiger partial charge in [0.2, 0.25) is 12.4 Å². The second kappa shape index (κ2) is 10.1. The zero-order chi connectivity index (χ0) is 26.9. The molecule has 4 heterocycles. The first-order valence-corrected chi connectivity index (χ1v) is 12.4. The third-order valence-electron chi connectivity index (χ3n) is 6.51. The van der Waals surface area contributed by atoms with E-state index in [1.165, 1.54) is 10.9 Å². The van der Waals surface area contributed by atoms with Crippen molar-refractivity contribution < 1.29 is 9.90 Å². The van der Waals surface area contributed by atoms with E-state index in [0.717, 1.165) is 30.9 Å². The predicted octanol–water partition coefficient (Wildman–Crippen LogP) is 2.41. The molecule has 0 atom stereocenters. The molecule has 1 saturated heterocycles. The summed E-state index contributed by atoms with van der Waals surface area (Å²) in [5.41, 5.74) is 1.31. The van der Waals surface area contributed by atoms with Gasteiger partial charge < -0.3 is 20.2 Å². The molecule has 1 aliphatic heterocycles. The number of fused-ring (bicyclic) bond motifs is 1. The fourth-order valence-electron chi connectivity index (χ4n) is 4.46. The second-order valence-electron chi connectivity index (χ2n) is 9.66. The molecule has 1 amide bonds. The highest BCUT2D eigenvalue weighted by Crippen LogP contribution is 2.23. The first-order valence-electron chi connectivity index (χ1n) is 12.4. The minimum absolute atomic E-state index is 0.245. The van der Waals surface area contributed by atoms with Gasteiger partial charge in [0.15, 0.2) is 11.5 Å². The molecule has 5 rings (SSSR count). The molecular weight excluding hydrogens is 484 g/mol. The average molecular weight is 515 g/mol. The van der Waals surface area contributed by atoms with Gasteiger partial charge >= 0.3 is 0 Å². The summed E-state index contributed by atoms with van der Waals surface area (Å²) in [7, 11) is 0. The summed E-state index contributed by atoms with van der Waals surface area (Å²) >= 11 is 0. The quantitative estimate of drug-likeness (QED) is 0.272. The van der Waals surface area contributed by atoms with Gasteiger partial charge in [0, 0.05) is 43.8 Å². The van der Waals surface area contributed by atoms with Crippen LogP contribution in [-0.2, 0) is 16.9 Å². The SMILES string of the molecule is C=CCn1c(=O)c2cnc(Nc3ccc(N4CCN(C=O)CC4)cc3)nc2n1-c1cccc(C(C)(C)O)n1. The van der Waals surface area contributed by atoms with Crippen LogP contribution in [0.25, 0.3) is 16.9 Å². The number of anilines is 3. The van der Waals surface area contributed by atoms with Crippen LogP contribution in [0.5, 0.6) is 0 Å². The molecule has 1 fully saturated rings. The maximum Gasteiger partial charge on any atom is 0.278 e. The fourth-order valence-corrected chi connectivity index (χ4v) is 4.46. The van der Waals surface area contributed by atoms with Crippen molar-refractivity contribution in [3.8, 4) is 5.82 Å². The number of carbonyl (C=O) groups excluding carboxylic acids is 1. The molecule has 0 saturated carbocycles. The largest absolute Gasteiger partial charge is 0.384 e. The van der Waals surface area contributed by atoms with Crippen molar-refractivity contribution in [3.05, 3.63) is 77.4 Å². The van der Waals surface area contributed by atoms with Gasteiger partial charge in [-0.05, 0) is 50.2 Å². The molecular formula is C27H30N8O3. The van der Waals surface area contributed by atoms with E-state index in [-0.39, 0.29) is 12.1 Å². The average Bonchev–Trinajstić information content (AvgIpc) is 3.19. The van der Waals surface area contributed by atoms with E-state index < -0.39 is 5.60 Å². The minimum atomic E-state index is -1.15. The molecule has 4 aromatic rings. The minimum Gasteiger partial charge on any atom is -0.384 e. The summed E-state index contributed by atoms with van der Waals surface area (Å²) in [4.78, 5) is 41.8.